The van der Waals surface area contributed by atoms with Crippen LogP contribution in [0.2, 0.25) is 10.0 Å². The summed E-state index contributed by atoms with van der Waals surface area (Å²) in [5.41, 5.74) is 0.397. The van der Waals surface area contributed by atoms with Crippen LogP contribution >= 0.6 is 23.2 Å². The highest BCUT2D eigenvalue weighted by molar-refractivity contribution is 6.31. The second-order valence-corrected chi connectivity index (χ2v) is 6.41. The van der Waals surface area contributed by atoms with Crippen LogP contribution in [0.1, 0.15) is 5.69 Å². The average molecular weight is 426 g/mol. The zero-order valence-electron chi connectivity index (χ0n) is 14.1. The first-order chi connectivity index (χ1) is 13.2. The van der Waals surface area contributed by atoms with Crippen molar-refractivity contribution in [2.75, 3.05) is 10.6 Å². The molecular formula is C17H11Cl2F2N5O2. The number of aromatic nitrogens is 2. The molecule has 2 aromatic carbocycles. The Morgan fingerprint density at radius 2 is 1.50 bits per heavy atom. The normalized spacial score (nSPS) is 10.6. The number of benzene rings is 2. The van der Waals surface area contributed by atoms with Crippen molar-refractivity contribution in [3.05, 3.63) is 73.9 Å². The van der Waals surface area contributed by atoms with Gasteiger partial charge in [-0.25, -0.2) is 13.8 Å². The van der Waals surface area contributed by atoms with Crippen LogP contribution in [-0.4, -0.2) is 14.9 Å². The molecule has 144 valence electrons. The lowest BCUT2D eigenvalue weighted by atomic mass is 10.3. The minimum Gasteiger partial charge on any atom is -0.334 e. The molecule has 0 aliphatic heterocycles. The first-order valence-corrected chi connectivity index (χ1v) is 8.47. The Balaban J connectivity index is 2.00. The lowest BCUT2D eigenvalue weighted by molar-refractivity contribution is -0.385. The van der Waals surface area contributed by atoms with E-state index in [0.717, 1.165) is 12.1 Å². The molecule has 0 bridgehead atoms. The number of nitro groups is 1. The third-order valence-electron chi connectivity index (χ3n) is 3.60. The second-order valence-electron chi connectivity index (χ2n) is 5.59. The number of nitrogens with zero attached hydrogens (tertiary/aromatic N) is 3. The standard InChI is InChI=1S/C17H11Cl2F2N5O2/c1-8-15(26(27)28)16(23-9-2-4-13(20)11(18)6-9)25-17(22-8)24-10-3-5-14(21)12(19)7-10/h2-7H,1H3,(H2,22,23,24,25). The van der Waals surface area contributed by atoms with Crippen molar-refractivity contribution >= 4 is 52.0 Å². The van der Waals surface area contributed by atoms with E-state index < -0.39 is 16.6 Å². The Bertz CT molecular complexity index is 1080. The summed E-state index contributed by atoms with van der Waals surface area (Å²) in [6.07, 6.45) is 0. The van der Waals surface area contributed by atoms with E-state index in [9.17, 15) is 18.9 Å². The number of hydrogen-bond donors (Lipinski definition) is 2. The summed E-state index contributed by atoms with van der Waals surface area (Å²) in [7, 11) is 0. The molecule has 7 nitrogen and oxygen atoms in total. The van der Waals surface area contributed by atoms with E-state index >= 15 is 0 Å². The predicted octanol–water partition coefficient (Wildman–Crippen LogP) is 5.77. The molecule has 1 heterocycles. The average Bonchev–Trinajstić information content (AvgIpc) is 2.61. The number of rotatable bonds is 5. The van der Waals surface area contributed by atoms with Gasteiger partial charge in [-0.2, -0.15) is 4.98 Å². The van der Waals surface area contributed by atoms with Crippen molar-refractivity contribution in [2.45, 2.75) is 6.92 Å². The van der Waals surface area contributed by atoms with Gasteiger partial charge in [-0.15, -0.1) is 0 Å². The van der Waals surface area contributed by atoms with Crippen LogP contribution in [0, 0.1) is 28.7 Å². The van der Waals surface area contributed by atoms with Gasteiger partial charge >= 0.3 is 5.69 Å². The topological polar surface area (TPSA) is 93.0 Å². The van der Waals surface area contributed by atoms with Gasteiger partial charge in [-0.3, -0.25) is 10.1 Å². The number of hydrogen-bond acceptors (Lipinski definition) is 6. The van der Waals surface area contributed by atoms with Gasteiger partial charge in [-0.05, 0) is 43.3 Å². The lowest BCUT2D eigenvalue weighted by Crippen LogP contribution is -2.07. The van der Waals surface area contributed by atoms with Crippen molar-refractivity contribution in [2.24, 2.45) is 0 Å². The van der Waals surface area contributed by atoms with Gasteiger partial charge < -0.3 is 10.6 Å². The third-order valence-corrected chi connectivity index (χ3v) is 4.18. The fraction of sp³-hybridized carbons (Fsp3) is 0.0588. The van der Waals surface area contributed by atoms with Crippen LogP contribution in [-0.2, 0) is 0 Å². The lowest BCUT2D eigenvalue weighted by Gasteiger charge is -2.11. The molecule has 11 heteroatoms. The van der Waals surface area contributed by atoms with E-state index in [2.05, 4.69) is 20.6 Å². The summed E-state index contributed by atoms with van der Waals surface area (Å²) in [6.45, 7) is 1.44. The van der Waals surface area contributed by atoms with Gasteiger partial charge in [0, 0.05) is 11.4 Å². The Hall–Kier alpha value is -3.04. The van der Waals surface area contributed by atoms with Gasteiger partial charge in [0.1, 0.15) is 17.3 Å². The van der Waals surface area contributed by atoms with Gasteiger partial charge in [-0.1, -0.05) is 23.2 Å². The minimum absolute atomic E-state index is 0.0153. The summed E-state index contributed by atoms with van der Waals surface area (Å²) >= 11 is 11.5. The molecule has 0 radical (unpaired) electrons. The maximum Gasteiger partial charge on any atom is 0.332 e. The van der Waals surface area contributed by atoms with Crippen molar-refractivity contribution in [1.82, 2.24) is 9.97 Å². The van der Waals surface area contributed by atoms with Crippen molar-refractivity contribution in [3.8, 4) is 0 Å². The summed E-state index contributed by atoms with van der Waals surface area (Å²) in [5, 5.41) is 16.7. The summed E-state index contributed by atoms with van der Waals surface area (Å²) in [6, 6.07) is 7.63. The Kier molecular flexibility index (Phi) is 5.57. The highest BCUT2D eigenvalue weighted by Crippen LogP contribution is 2.31. The number of aryl methyl sites for hydroxylation is 1. The monoisotopic (exact) mass is 425 g/mol. The third kappa shape index (κ3) is 4.26. The molecule has 0 atom stereocenters. The highest BCUT2D eigenvalue weighted by atomic mass is 35.5. The van der Waals surface area contributed by atoms with E-state index in [1.807, 2.05) is 0 Å². The molecule has 0 aliphatic carbocycles. The first kappa shape index (κ1) is 19.7. The molecule has 3 rings (SSSR count). The molecule has 0 saturated heterocycles. The number of nitrogens with one attached hydrogen (secondary N) is 2. The summed E-state index contributed by atoms with van der Waals surface area (Å²) in [4.78, 5) is 18.9. The molecule has 3 aromatic rings. The maximum absolute atomic E-state index is 13.3. The first-order valence-electron chi connectivity index (χ1n) is 7.72. The predicted molar refractivity (Wildman–Crippen MR) is 103 cm³/mol. The molecule has 0 fully saturated rings. The Morgan fingerprint density at radius 3 is 2.00 bits per heavy atom. The second kappa shape index (κ2) is 7.91. The molecular weight excluding hydrogens is 415 g/mol. The van der Waals surface area contributed by atoms with Gasteiger partial charge in [0.05, 0.1) is 15.0 Å². The van der Waals surface area contributed by atoms with Crippen LogP contribution in [0.15, 0.2) is 36.4 Å². The minimum atomic E-state index is -0.638. The van der Waals surface area contributed by atoms with Crippen LogP contribution in [0.25, 0.3) is 0 Å². The van der Waals surface area contributed by atoms with Crippen molar-refractivity contribution in [3.63, 3.8) is 0 Å². The molecule has 1 aromatic heterocycles. The van der Waals surface area contributed by atoms with E-state index in [0.29, 0.717) is 11.4 Å². The molecule has 0 aliphatic rings. The van der Waals surface area contributed by atoms with Crippen LogP contribution < -0.4 is 10.6 Å². The number of anilines is 4. The summed E-state index contributed by atoms with van der Waals surface area (Å²) < 4.78 is 26.6. The smallest absolute Gasteiger partial charge is 0.332 e. The van der Waals surface area contributed by atoms with Gasteiger partial charge in [0.2, 0.25) is 11.8 Å². The van der Waals surface area contributed by atoms with E-state index in [1.54, 1.807) is 0 Å². The van der Waals surface area contributed by atoms with Crippen LogP contribution in [0.4, 0.5) is 37.6 Å². The fourth-order valence-electron chi connectivity index (χ4n) is 2.34. The fourth-order valence-corrected chi connectivity index (χ4v) is 2.70. The summed E-state index contributed by atoms with van der Waals surface area (Å²) in [5.74, 6) is -1.34. The number of halogens is 4. The highest BCUT2D eigenvalue weighted by Gasteiger charge is 2.23. The van der Waals surface area contributed by atoms with Crippen molar-refractivity contribution < 1.29 is 13.7 Å². The quantitative estimate of drug-likeness (QED) is 0.398. The Labute approximate surface area is 167 Å². The van der Waals surface area contributed by atoms with E-state index in [-0.39, 0.29) is 33.2 Å². The largest absolute Gasteiger partial charge is 0.334 e. The molecule has 2 N–H and O–H groups in total. The maximum atomic E-state index is 13.3. The molecule has 0 saturated carbocycles. The van der Waals surface area contributed by atoms with Crippen LogP contribution in [0.3, 0.4) is 0 Å². The van der Waals surface area contributed by atoms with Gasteiger partial charge in [0.25, 0.3) is 0 Å². The van der Waals surface area contributed by atoms with E-state index in [4.69, 9.17) is 23.2 Å². The Morgan fingerprint density at radius 1 is 0.964 bits per heavy atom. The molecule has 0 amide bonds. The zero-order chi connectivity index (χ0) is 20.4. The zero-order valence-corrected chi connectivity index (χ0v) is 15.6. The molecule has 28 heavy (non-hydrogen) atoms. The molecule has 0 unspecified atom stereocenters. The SMILES string of the molecule is Cc1nc(Nc2ccc(F)c(Cl)c2)nc(Nc2ccc(F)c(Cl)c2)c1[N+](=O)[O-]. The molecule has 0 spiro atoms. The van der Waals surface area contributed by atoms with Gasteiger partial charge in [0.15, 0.2) is 0 Å². The van der Waals surface area contributed by atoms with Crippen LogP contribution in [0.5, 0.6) is 0 Å². The van der Waals surface area contributed by atoms with E-state index in [1.165, 1.54) is 31.2 Å². The van der Waals surface area contributed by atoms with Crippen molar-refractivity contribution in [1.29, 1.82) is 0 Å².